The van der Waals surface area contributed by atoms with Gasteiger partial charge in [0, 0.05) is 5.38 Å². The first-order chi connectivity index (χ1) is 10.0. The van der Waals surface area contributed by atoms with Gasteiger partial charge in [-0.2, -0.15) is 5.26 Å². The van der Waals surface area contributed by atoms with E-state index in [1.54, 1.807) is 36.6 Å². The van der Waals surface area contributed by atoms with Crippen LogP contribution in [0, 0.1) is 11.3 Å². The molecule has 2 aromatic rings. The first-order valence-electron chi connectivity index (χ1n) is 6.29. The molecule has 0 aliphatic carbocycles. The maximum absolute atomic E-state index is 11.8. The lowest BCUT2D eigenvalue weighted by Gasteiger charge is -2.22. The van der Waals surface area contributed by atoms with Crippen molar-refractivity contribution in [3.63, 3.8) is 0 Å². The van der Waals surface area contributed by atoms with E-state index in [9.17, 15) is 9.90 Å². The predicted octanol–water partition coefficient (Wildman–Crippen LogP) is 2.36. The van der Waals surface area contributed by atoms with Crippen LogP contribution in [0.15, 0.2) is 35.7 Å². The van der Waals surface area contributed by atoms with Gasteiger partial charge in [-0.3, -0.25) is 4.79 Å². The first-order valence-corrected chi connectivity index (χ1v) is 7.17. The number of benzene rings is 1. The summed E-state index contributed by atoms with van der Waals surface area (Å²) in [6, 6.07) is 10.9. The lowest BCUT2D eigenvalue weighted by Crippen LogP contribution is -2.26. The van der Waals surface area contributed by atoms with Crippen LogP contribution in [0.4, 0.5) is 0 Å². The molecule has 0 aliphatic rings. The van der Waals surface area contributed by atoms with Gasteiger partial charge in [0.2, 0.25) is 0 Å². The second-order valence-electron chi connectivity index (χ2n) is 4.72. The summed E-state index contributed by atoms with van der Waals surface area (Å²) in [5, 5.41) is 21.2. The number of carbonyl (C=O) groups is 1. The summed E-state index contributed by atoms with van der Waals surface area (Å²) in [5.41, 5.74) is -0.315. The van der Waals surface area contributed by atoms with Gasteiger partial charge in [-0.15, -0.1) is 11.3 Å². The Morgan fingerprint density at radius 1 is 1.48 bits per heavy atom. The Kier molecular flexibility index (Phi) is 4.68. The van der Waals surface area contributed by atoms with E-state index in [-0.39, 0.29) is 13.0 Å². The standard InChI is InChI=1S/C15H14N2O3S/c1-15(19,11-5-3-2-4-6-11)7-14(18)20-9-13-17-12(8-16)10-21-13/h2-6,10,19H,7,9H2,1H3. The molecular weight excluding hydrogens is 288 g/mol. The number of aromatic nitrogens is 1. The fourth-order valence-electron chi connectivity index (χ4n) is 1.80. The SMILES string of the molecule is CC(O)(CC(=O)OCc1nc(C#N)cs1)c1ccccc1. The lowest BCUT2D eigenvalue weighted by atomic mass is 9.93. The first kappa shape index (κ1) is 15.2. The fraction of sp³-hybridized carbons (Fsp3) is 0.267. The van der Waals surface area contributed by atoms with Gasteiger partial charge in [0.15, 0.2) is 5.69 Å². The third-order valence-corrected chi connectivity index (χ3v) is 3.73. The smallest absolute Gasteiger partial charge is 0.309 e. The van der Waals surface area contributed by atoms with Crippen LogP contribution in [0.3, 0.4) is 0 Å². The van der Waals surface area contributed by atoms with Crippen LogP contribution in [0.2, 0.25) is 0 Å². The Hall–Kier alpha value is -2.23. The van der Waals surface area contributed by atoms with Crippen molar-refractivity contribution >= 4 is 17.3 Å². The highest BCUT2D eigenvalue weighted by atomic mass is 32.1. The number of aliphatic hydroxyl groups is 1. The Balaban J connectivity index is 1.91. The fourth-order valence-corrected chi connectivity index (χ4v) is 2.43. The summed E-state index contributed by atoms with van der Waals surface area (Å²) in [4.78, 5) is 15.8. The molecule has 0 fully saturated rings. The topological polar surface area (TPSA) is 83.2 Å². The molecule has 1 N–H and O–H groups in total. The third kappa shape index (κ3) is 4.12. The van der Waals surface area contributed by atoms with E-state index in [1.165, 1.54) is 11.3 Å². The van der Waals surface area contributed by atoms with Crippen molar-refractivity contribution in [2.45, 2.75) is 25.6 Å². The molecule has 1 aromatic heterocycles. The van der Waals surface area contributed by atoms with Crippen molar-refractivity contribution in [2.24, 2.45) is 0 Å². The molecule has 0 radical (unpaired) electrons. The molecule has 1 heterocycles. The van der Waals surface area contributed by atoms with E-state index in [0.29, 0.717) is 16.3 Å². The van der Waals surface area contributed by atoms with Crippen molar-refractivity contribution in [2.75, 3.05) is 0 Å². The average molecular weight is 302 g/mol. The Bertz CT molecular complexity index is 659. The summed E-state index contributed by atoms with van der Waals surface area (Å²) in [6.07, 6.45) is -0.145. The van der Waals surface area contributed by atoms with Gasteiger partial charge in [0.05, 0.1) is 12.0 Å². The molecule has 1 unspecified atom stereocenters. The molecule has 1 aromatic carbocycles. The van der Waals surface area contributed by atoms with Gasteiger partial charge >= 0.3 is 5.97 Å². The van der Waals surface area contributed by atoms with Gasteiger partial charge in [-0.1, -0.05) is 30.3 Å². The van der Waals surface area contributed by atoms with E-state index >= 15 is 0 Å². The average Bonchev–Trinajstić information content (AvgIpc) is 2.94. The number of hydrogen-bond acceptors (Lipinski definition) is 6. The summed E-state index contributed by atoms with van der Waals surface area (Å²) in [5.74, 6) is -0.516. The molecule has 2 rings (SSSR count). The number of rotatable bonds is 5. The molecule has 6 heteroatoms. The van der Waals surface area contributed by atoms with Crippen LogP contribution in [-0.4, -0.2) is 16.1 Å². The van der Waals surface area contributed by atoms with Gasteiger partial charge in [-0.25, -0.2) is 4.98 Å². The van der Waals surface area contributed by atoms with E-state index < -0.39 is 11.6 Å². The minimum absolute atomic E-state index is 0.00997. The summed E-state index contributed by atoms with van der Waals surface area (Å²) >= 11 is 1.26. The molecule has 0 amide bonds. The molecule has 0 saturated heterocycles. The largest absolute Gasteiger partial charge is 0.458 e. The molecule has 0 saturated carbocycles. The number of hydrogen-bond donors (Lipinski definition) is 1. The highest BCUT2D eigenvalue weighted by molar-refractivity contribution is 7.09. The number of carbonyl (C=O) groups excluding carboxylic acids is 1. The Morgan fingerprint density at radius 3 is 2.81 bits per heavy atom. The molecule has 5 nitrogen and oxygen atoms in total. The molecular formula is C15H14N2O3S. The van der Waals surface area contributed by atoms with Crippen molar-refractivity contribution in [1.82, 2.24) is 4.98 Å². The van der Waals surface area contributed by atoms with E-state index in [0.717, 1.165) is 0 Å². The minimum atomic E-state index is -1.28. The van der Waals surface area contributed by atoms with Crippen molar-refractivity contribution in [3.8, 4) is 6.07 Å². The predicted molar refractivity (Wildman–Crippen MR) is 77.3 cm³/mol. The van der Waals surface area contributed by atoms with Gasteiger partial charge in [0.25, 0.3) is 0 Å². The van der Waals surface area contributed by atoms with Crippen LogP contribution in [0.5, 0.6) is 0 Å². The number of nitriles is 1. The zero-order chi connectivity index (χ0) is 15.3. The van der Waals surface area contributed by atoms with Crippen molar-refractivity contribution in [3.05, 3.63) is 52.0 Å². The highest BCUT2D eigenvalue weighted by Crippen LogP contribution is 2.24. The van der Waals surface area contributed by atoms with Crippen molar-refractivity contribution < 1.29 is 14.6 Å². The summed E-state index contributed by atoms with van der Waals surface area (Å²) < 4.78 is 5.08. The molecule has 0 spiro atoms. The van der Waals surface area contributed by atoms with E-state index in [4.69, 9.17) is 10.00 Å². The molecule has 0 bridgehead atoms. The maximum atomic E-state index is 11.8. The van der Waals surface area contributed by atoms with Crippen LogP contribution in [0.25, 0.3) is 0 Å². The minimum Gasteiger partial charge on any atom is -0.458 e. The normalized spacial score (nSPS) is 13.2. The number of thiazole rings is 1. The van der Waals surface area contributed by atoms with Crippen LogP contribution < -0.4 is 0 Å². The summed E-state index contributed by atoms with van der Waals surface area (Å²) in [6.45, 7) is 1.58. The van der Waals surface area contributed by atoms with Crippen molar-refractivity contribution in [1.29, 1.82) is 5.26 Å². The number of ether oxygens (including phenoxy) is 1. The number of nitrogens with zero attached hydrogens (tertiary/aromatic N) is 2. The quantitative estimate of drug-likeness (QED) is 0.857. The van der Waals surface area contributed by atoms with Crippen LogP contribution in [0.1, 0.15) is 29.6 Å². The lowest BCUT2D eigenvalue weighted by molar-refractivity contribution is -0.150. The maximum Gasteiger partial charge on any atom is 0.309 e. The molecule has 1 atom stereocenters. The number of esters is 1. The summed E-state index contributed by atoms with van der Waals surface area (Å²) in [7, 11) is 0. The monoisotopic (exact) mass is 302 g/mol. The van der Waals surface area contributed by atoms with E-state index in [1.807, 2.05) is 12.1 Å². The Morgan fingerprint density at radius 2 is 2.19 bits per heavy atom. The van der Waals surface area contributed by atoms with Gasteiger partial charge in [-0.05, 0) is 12.5 Å². The second kappa shape index (κ2) is 6.48. The van der Waals surface area contributed by atoms with Crippen LogP contribution >= 0.6 is 11.3 Å². The third-order valence-electron chi connectivity index (χ3n) is 2.91. The second-order valence-corrected chi connectivity index (χ2v) is 5.66. The molecule has 21 heavy (non-hydrogen) atoms. The van der Waals surface area contributed by atoms with E-state index in [2.05, 4.69) is 4.98 Å². The van der Waals surface area contributed by atoms with Gasteiger partial charge < -0.3 is 9.84 Å². The zero-order valence-electron chi connectivity index (χ0n) is 11.4. The molecule has 108 valence electrons. The molecule has 0 aliphatic heterocycles. The Labute approximate surface area is 126 Å². The zero-order valence-corrected chi connectivity index (χ0v) is 12.3. The van der Waals surface area contributed by atoms with Crippen LogP contribution in [-0.2, 0) is 21.7 Å². The van der Waals surface area contributed by atoms with Gasteiger partial charge in [0.1, 0.15) is 17.7 Å². The highest BCUT2D eigenvalue weighted by Gasteiger charge is 2.27.